The molecule has 1 saturated heterocycles. The molecular formula is C22H18ClF6N3O. The molecule has 0 bridgehead atoms. The Morgan fingerprint density at radius 1 is 0.879 bits per heavy atom. The maximum absolute atomic E-state index is 13.4. The van der Waals surface area contributed by atoms with Gasteiger partial charge in [-0.05, 0) is 42.5 Å². The number of rotatable bonds is 2. The molecule has 1 aromatic heterocycles. The number of carbonyl (C=O) groups is 1. The highest BCUT2D eigenvalue weighted by atomic mass is 35.5. The molecule has 0 N–H and O–H groups in total. The molecule has 0 atom stereocenters. The predicted octanol–water partition coefficient (Wildman–Crippen LogP) is 5.83. The zero-order chi connectivity index (χ0) is 24.1. The molecule has 3 aromatic rings. The molecule has 176 valence electrons. The molecule has 1 amide bonds. The van der Waals surface area contributed by atoms with Crippen molar-refractivity contribution in [2.75, 3.05) is 31.1 Å². The topological polar surface area (TPSA) is 28.5 Å². The van der Waals surface area contributed by atoms with Crippen molar-refractivity contribution in [3.63, 3.8) is 0 Å². The van der Waals surface area contributed by atoms with Crippen LogP contribution in [0.3, 0.4) is 0 Å². The molecule has 11 heteroatoms. The van der Waals surface area contributed by atoms with Crippen molar-refractivity contribution in [3.05, 3.63) is 64.3 Å². The summed E-state index contributed by atoms with van der Waals surface area (Å²) < 4.78 is 80.8. The first-order valence-corrected chi connectivity index (χ1v) is 10.3. The highest BCUT2D eigenvalue weighted by Crippen LogP contribution is 2.38. The molecule has 4 nitrogen and oxygen atoms in total. The van der Waals surface area contributed by atoms with Gasteiger partial charge in [-0.2, -0.15) is 26.3 Å². The van der Waals surface area contributed by atoms with E-state index in [4.69, 9.17) is 11.6 Å². The zero-order valence-corrected chi connectivity index (χ0v) is 18.0. The van der Waals surface area contributed by atoms with Gasteiger partial charge in [0.25, 0.3) is 5.91 Å². The van der Waals surface area contributed by atoms with Crippen molar-refractivity contribution in [1.82, 2.24) is 9.47 Å². The lowest BCUT2D eigenvalue weighted by atomic mass is 10.1. The quantitative estimate of drug-likeness (QED) is 0.424. The Bertz CT molecular complexity index is 1210. The molecule has 2 heterocycles. The average Bonchev–Trinajstić information content (AvgIpc) is 3.08. The molecule has 1 aliphatic heterocycles. The second kappa shape index (κ2) is 8.16. The van der Waals surface area contributed by atoms with E-state index < -0.39 is 29.4 Å². The number of anilines is 1. The van der Waals surface area contributed by atoms with Crippen LogP contribution in [0.1, 0.15) is 21.6 Å². The number of halogens is 7. The van der Waals surface area contributed by atoms with Crippen LogP contribution in [0, 0.1) is 0 Å². The number of piperazine rings is 1. The molecule has 0 aliphatic carbocycles. The summed E-state index contributed by atoms with van der Waals surface area (Å²) in [4.78, 5) is 16.1. The molecule has 2 aromatic carbocycles. The molecule has 0 spiro atoms. The van der Waals surface area contributed by atoms with Gasteiger partial charge in [0.1, 0.15) is 5.69 Å². The van der Waals surface area contributed by atoms with E-state index in [1.54, 1.807) is 7.05 Å². The van der Waals surface area contributed by atoms with Crippen LogP contribution in [0.5, 0.6) is 0 Å². The first-order chi connectivity index (χ1) is 15.4. The number of aryl methyl sites for hydroxylation is 1. The SMILES string of the molecule is Cn1c(C(=O)N2CCN(c3cc(Cl)ccc3C(F)(F)F)CC2)cc2cc(C(F)(F)F)ccc21. The van der Waals surface area contributed by atoms with Gasteiger partial charge in [0.05, 0.1) is 16.8 Å². The molecule has 0 radical (unpaired) electrons. The number of hydrogen-bond acceptors (Lipinski definition) is 2. The minimum absolute atomic E-state index is 0.0496. The number of fused-ring (bicyclic) bond motifs is 1. The first kappa shape index (κ1) is 23.3. The van der Waals surface area contributed by atoms with Crippen molar-refractivity contribution < 1.29 is 31.1 Å². The van der Waals surface area contributed by atoms with E-state index in [0.29, 0.717) is 5.52 Å². The van der Waals surface area contributed by atoms with Gasteiger partial charge in [0.2, 0.25) is 0 Å². The number of alkyl halides is 6. The fourth-order valence-corrected chi connectivity index (χ4v) is 4.22. The molecule has 0 saturated carbocycles. The Balaban J connectivity index is 1.55. The lowest BCUT2D eigenvalue weighted by molar-refractivity contribution is -0.138. The fourth-order valence-electron chi connectivity index (χ4n) is 4.05. The molecule has 4 rings (SSSR count). The maximum Gasteiger partial charge on any atom is 0.418 e. The van der Waals surface area contributed by atoms with Crippen LogP contribution in [-0.4, -0.2) is 41.6 Å². The van der Waals surface area contributed by atoms with Crippen LogP contribution in [0.25, 0.3) is 10.9 Å². The largest absolute Gasteiger partial charge is 0.418 e. The summed E-state index contributed by atoms with van der Waals surface area (Å²) in [5, 5.41) is 0.452. The fraction of sp³-hybridized carbons (Fsp3) is 0.318. The van der Waals surface area contributed by atoms with Gasteiger partial charge in [-0.25, -0.2) is 0 Å². The summed E-state index contributed by atoms with van der Waals surface area (Å²) >= 11 is 5.91. The van der Waals surface area contributed by atoms with E-state index in [9.17, 15) is 31.1 Å². The Morgan fingerprint density at radius 2 is 1.55 bits per heavy atom. The molecule has 1 aliphatic rings. The normalized spacial score (nSPS) is 15.4. The number of carbonyl (C=O) groups excluding carboxylic acids is 1. The van der Waals surface area contributed by atoms with Crippen LogP contribution in [0.4, 0.5) is 32.0 Å². The average molecular weight is 490 g/mol. The van der Waals surface area contributed by atoms with E-state index in [0.717, 1.165) is 18.2 Å². The monoisotopic (exact) mass is 489 g/mol. The smallest absolute Gasteiger partial charge is 0.367 e. The number of hydrogen-bond donors (Lipinski definition) is 0. The van der Waals surface area contributed by atoms with Crippen LogP contribution in [0.15, 0.2) is 42.5 Å². The molecular weight excluding hydrogens is 472 g/mol. The van der Waals surface area contributed by atoms with Gasteiger partial charge in [-0.3, -0.25) is 4.79 Å². The van der Waals surface area contributed by atoms with Gasteiger partial charge in [0, 0.05) is 49.2 Å². The second-order valence-corrected chi connectivity index (χ2v) is 8.23. The van der Waals surface area contributed by atoms with Crippen molar-refractivity contribution in [2.45, 2.75) is 12.4 Å². The minimum Gasteiger partial charge on any atom is -0.367 e. The van der Waals surface area contributed by atoms with Crippen molar-refractivity contribution in [3.8, 4) is 0 Å². The summed E-state index contributed by atoms with van der Waals surface area (Å²) in [7, 11) is 1.58. The summed E-state index contributed by atoms with van der Waals surface area (Å²) in [5.41, 5.74) is -0.988. The number of amides is 1. The van der Waals surface area contributed by atoms with E-state index in [2.05, 4.69) is 0 Å². The Hall–Kier alpha value is -2.88. The number of nitrogens with zero attached hydrogens (tertiary/aromatic N) is 3. The summed E-state index contributed by atoms with van der Waals surface area (Å²) in [6.07, 6.45) is -9.05. The van der Waals surface area contributed by atoms with Crippen molar-refractivity contribution >= 4 is 34.1 Å². The number of benzene rings is 2. The van der Waals surface area contributed by atoms with E-state index >= 15 is 0 Å². The van der Waals surface area contributed by atoms with Crippen LogP contribution < -0.4 is 4.90 Å². The lowest BCUT2D eigenvalue weighted by Gasteiger charge is -2.37. The van der Waals surface area contributed by atoms with E-state index in [1.165, 1.54) is 38.6 Å². The summed E-state index contributed by atoms with van der Waals surface area (Å²) in [5.74, 6) is -0.399. The zero-order valence-electron chi connectivity index (χ0n) is 17.3. The van der Waals surface area contributed by atoms with Crippen LogP contribution >= 0.6 is 11.6 Å². The maximum atomic E-state index is 13.4. The Labute approximate surface area is 189 Å². The highest BCUT2D eigenvalue weighted by molar-refractivity contribution is 6.30. The number of aromatic nitrogens is 1. The molecule has 33 heavy (non-hydrogen) atoms. The van der Waals surface area contributed by atoms with Gasteiger partial charge >= 0.3 is 12.4 Å². The lowest BCUT2D eigenvalue weighted by Crippen LogP contribution is -2.49. The third-order valence-corrected chi connectivity index (χ3v) is 6.00. The Morgan fingerprint density at radius 3 is 2.15 bits per heavy atom. The van der Waals surface area contributed by atoms with E-state index in [1.807, 2.05) is 0 Å². The second-order valence-electron chi connectivity index (χ2n) is 7.80. The van der Waals surface area contributed by atoms with Gasteiger partial charge in [-0.1, -0.05) is 11.6 Å². The Kier molecular flexibility index (Phi) is 5.76. The third-order valence-electron chi connectivity index (χ3n) is 5.76. The predicted molar refractivity (Wildman–Crippen MR) is 112 cm³/mol. The summed E-state index contributed by atoms with van der Waals surface area (Å²) in [6, 6.07) is 8.02. The van der Waals surface area contributed by atoms with E-state index in [-0.39, 0.29) is 48.0 Å². The van der Waals surface area contributed by atoms with Crippen molar-refractivity contribution in [1.29, 1.82) is 0 Å². The van der Waals surface area contributed by atoms with Gasteiger partial charge in [0.15, 0.2) is 0 Å². The van der Waals surface area contributed by atoms with Gasteiger partial charge in [-0.15, -0.1) is 0 Å². The first-order valence-electron chi connectivity index (χ1n) is 9.94. The standard InChI is InChI=1S/C22H18ClF6N3O/c1-30-17-5-2-14(21(24,25)26)10-13(17)11-19(30)20(33)32-8-6-31(7-9-32)18-12-15(23)3-4-16(18)22(27,28)29/h2-5,10-12H,6-9H2,1H3. The van der Waals surface area contributed by atoms with Crippen molar-refractivity contribution in [2.24, 2.45) is 7.05 Å². The molecule has 1 fully saturated rings. The highest BCUT2D eigenvalue weighted by Gasteiger charge is 2.36. The minimum atomic E-state index is -4.55. The van der Waals surface area contributed by atoms with Gasteiger partial charge < -0.3 is 14.4 Å². The summed E-state index contributed by atoms with van der Waals surface area (Å²) in [6.45, 7) is 0.602. The third kappa shape index (κ3) is 4.48. The molecule has 0 unspecified atom stereocenters. The van der Waals surface area contributed by atoms with Crippen LogP contribution in [0.2, 0.25) is 5.02 Å². The van der Waals surface area contributed by atoms with Crippen LogP contribution in [-0.2, 0) is 19.4 Å².